The summed E-state index contributed by atoms with van der Waals surface area (Å²) >= 11 is 6.38. The standard InChI is InChI=1S/C24H17ClFNO4/c1-30-22-12-16(10-18(13-27)19-7-2-3-8-21(19)26)11-20(25)23(22)31-14-15-5-4-6-17(9-15)24(28)29/h2-12H,14H2,1H3,(H,28,29)/b18-10-. The second-order valence-corrected chi connectivity index (χ2v) is 6.89. The minimum absolute atomic E-state index is 0.0745. The Morgan fingerprint density at radius 2 is 1.97 bits per heavy atom. The van der Waals surface area contributed by atoms with Crippen LogP contribution in [0.5, 0.6) is 11.5 Å². The number of hydrogen-bond acceptors (Lipinski definition) is 4. The Balaban J connectivity index is 1.90. The molecule has 0 aliphatic rings. The van der Waals surface area contributed by atoms with Gasteiger partial charge in [-0.1, -0.05) is 41.9 Å². The van der Waals surface area contributed by atoms with Crippen molar-refractivity contribution in [1.82, 2.24) is 0 Å². The molecule has 7 heteroatoms. The van der Waals surface area contributed by atoms with Gasteiger partial charge in [0.15, 0.2) is 11.5 Å². The van der Waals surface area contributed by atoms with Crippen LogP contribution in [0.3, 0.4) is 0 Å². The molecule has 0 heterocycles. The Morgan fingerprint density at radius 3 is 2.65 bits per heavy atom. The van der Waals surface area contributed by atoms with E-state index in [-0.39, 0.29) is 34.1 Å². The predicted octanol–water partition coefficient (Wildman–Crippen LogP) is 5.83. The molecule has 0 radical (unpaired) electrons. The van der Waals surface area contributed by atoms with E-state index in [1.54, 1.807) is 36.4 Å². The Bertz CT molecular complexity index is 1200. The summed E-state index contributed by atoms with van der Waals surface area (Å²) in [6, 6.07) is 17.5. The molecular weight excluding hydrogens is 421 g/mol. The number of halogens is 2. The lowest BCUT2D eigenvalue weighted by Gasteiger charge is -2.14. The molecule has 0 atom stereocenters. The molecule has 0 aliphatic heterocycles. The van der Waals surface area contributed by atoms with Gasteiger partial charge in [-0.2, -0.15) is 5.26 Å². The minimum Gasteiger partial charge on any atom is -0.493 e. The van der Waals surface area contributed by atoms with Crippen molar-refractivity contribution in [2.24, 2.45) is 0 Å². The largest absolute Gasteiger partial charge is 0.493 e. The number of hydrogen-bond donors (Lipinski definition) is 1. The van der Waals surface area contributed by atoms with Crippen molar-refractivity contribution in [2.45, 2.75) is 6.61 Å². The highest BCUT2D eigenvalue weighted by atomic mass is 35.5. The summed E-state index contributed by atoms with van der Waals surface area (Å²) in [6.45, 7) is 0.0745. The fraction of sp³-hybridized carbons (Fsp3) is 0.0833. The highest BCUT2D eigenvalue weighted by Gasteiger charge is 2.14. The highest BCUT2D eigenvalue weighted by molar-refractivity contribution is 6.32. The van der Waals surface area contributed by atoms with E-state index < -0.39 is 11.8 Å². The lowest BCUT2D eigenvalue weighted by atomic mass is 10.0. The van der Waals surface area contributed by atoms with Gasteiger partial charge in [-0.15, -0.1) is 0 Å². The van der Waals surface area contributed by atoms with Crippen molar-refractivity contribution in [3.05, 3.63) is 93.8 Å². The predicted molar refractivity (Wildman–Crippen MR) is 116 cm³/mol. The summed E-state index contributed by atoms with van der Waals surface area (Å²) in [4.78, 5) is 11.1. The van der Waals surface area contributed by atoms with Crippen LogP contribution in [0.2, 0.25) is 5.02 Å². The van der Waals surface area contributed by atoms with Crippen LogP contribution >= 0.6 is 11.6 Å². The molecule has 0 saturated heterocycles. The Morgan fingerprint density at radius 1 is 1.19 bits per heavy atom. The average molecular weight is 438 g/mol. The van der Waals surface area contributed by atoms with E-state index in [1.165, 1.54) is 37.5 Å². The van der Waals surface area contributed by atoms with Gasteiger partial charge in [-0.3, -0.25) is 0 Å². The fourth-order valence-electron chi connectivity index (χ4n) is 2.93. The molecule has 3 aromatic rings. The van der Waals surface area contributed by atoms with Crippen molar-refractivity contribution >= 4 is 29.2 Å². The maximum absolute atomic E-state index is 14.1. The van der Waals surface area contributed by atoms with Gasteiger partial charge in [0.25, 0.3) is 0 Å². The van der Waals surface area contributed by atoms with Crippen molar-refractivity contribution < 1.29 is 23.8 Å². The smallest absolute Gasteiger partial charge is 0.335 e. The molecule has 31 heavy (non-hydrogen) atoms. The van der Waals surface area contributed by atoms with Crippen molar-refractivity contribution in [3.8, 4) is 17.6 Å². The number of carboxylic acid groups (broad SMARTS) is 1. The van der Waals surface area contributed by atoms with Crippen LogP contribution < -0.4 is 9.47 Å². The number of rotatable bonds is 7. The Labute approximate surface area is 183 Å². The summed E-state index contributed by atoms with van der Waals surface area (Å²) in [5.41, 5.74) is 1.64. The van der Waals surface area contributed by atoms with Crippen molar-refractivity contribution in [3.63, 3.8) is 0 Å². The molecule has 0 spiro atoms. The molecular formula is C24H17ClFNO4. The first-order valence-electron chi connectivity index (χ1n) is 9.12. The Hall–Kier alpha value is -3.82. The van der Waals surface area contributed by atoms with Gasteiger partial charge >= 0.3 is 5.97 Å². The number of ether oxygens (including phenoxy) is 2. The first-order chi connectivity index (χ1) is 14.9. The van der Waals surface area contributed by atoms with E-state index in [2.05, 4.69) is 0 Å². The van der Waals surface area contributed by atoms with Gasteiger partial charge in [0.05, 0.1) is 29.3 Å². The van der Waals surface area contributed by atoms with Crippen LogP contribution in [0.15, 0.2) is 60.7 Å². The van der Waals surface area contributed by atoms with E-state index >= 15 is 0 Å². The van der Waals surface area contributed by atoms with Crippen molar-refractivity contribution in [2.75, 3.05) is 7.11 Å². The lowest BCUT2D eigenvalue weighted by Crippen LogP contribution is -2.02. The first-order valence-corrected chi connectivity index (χ1v) is 9.50. The van der Waals surface area contributed by atoms with E-state index in [0.717, 1.165) is 0 Å². The molecule has 5 nitrogen and oxygen atoms in total. The summed E-state index contributed by atoms with van der Waals surface area (Å²) in [7, 11) is 1.44. The number of carboxylic acids is 1. The third-order valence-corrected chi connectivity index (χ3v) is 4.69. The molecule has 1 N–H and O–H groups in total. The summed E-state index contributed by atoms with van der Waals surface area (Å²) < 4.78 is 25.2. The second-order valence-electron chi connectivity index (χ2n) is 6.48. The monoisotopic (exact) mass is 437 g/mol. The zero-order chi connectivity index (χ0) is 22.4. The average Bonchev–Trinajstić information content (AvgIpc) is 2.77. The Kier molecular flexibility index (Phi) is 6.91. The number of aromatic carboxylic acids is 1. The van der Waals surface area contributed by atoms with Crippen LogP contribution in [0, 0.1) is 17.1 Å². The third kappa shape index (κ3) is 5.21. The molecule has 0 bridgehead atoms. The zero-order valence-corrected chi connectivity index (χ0v) is 17.2. The number of benzene rings is 3. The van der Waals surface area contributed by atoms with E-state index in [4.69, 9.17) is 26.2 Å². The summed E-state index contributed by atoms with van der Waals surface area (Å²) in [5, 5.41) is 18.8. The summed E-state index contributed by atoms with van der Waals surface area (Å²) in [6.07, 6.45) is 1.51. The highest BCUT2D eigenvalue weighted by Crippen LogP contribution is 2.38. The van der Waals surface area contributed by atoms with Gasteiger partial charge in [0.2, 0.25) is 0 Å². The lowest BCUT2D eigenvalue weighted by molar-refractivity contribution is 0.0696. The molecule has 156 valence electrons. The summed E-state index contributed by atoms with van der Waals surface area (Å²) in [5.74, 6) is -0.945. The van der Waals surface area contributed by atoms with Crippen molar-refractivity contribution in [1.29, 1.82) is 5.26 Å². The quantitative estimate of drug-likeness (QED) is 0.371. The number of nitriles is 1. The topological polar surface area (TPSA) is 79.5 Å². The minimum atomic E-state index is -1.03. The molecule has 0 aliphatic carbocycles. The van der Waals surface area contributed by atoms with Gasteiger partial charge in [0, 0.05) is 5.56 Å². The number of carbonyl (C=O) groups is 1. The van der Waals surface area contributed by atoms with Crippen LogP contribution in [0.4, 0.5) is 4.39 Å². The van der Waals surface area contributed by atoms with Crippen LogP contribution in [-0.2, 0) is 6.61 Å². The zero-order valence-electron chi connectivity index (χ0n) is 16.4. The number of allylic oxidation sites excluding steroid dienone is 1. The molecule has 0 aromatic heterocycles. The van der Waals surface area contributed by atoms with E-state index in [1.807, 2.05) is 6.07 Å². The third-order valence-electron chi connectivity index (χ3n) is 4.40. The number of nitrogens with zero attached hydrogens (tertiary/aromatic N) is 1. The maximum Gasteiger partial charge on any atom is 0.335 e. The van der Waals surface area contributed by atoms with E-state index in [9.17, 15) is 14.4 Å². The van der Waals surface area contributed by atoms with Gasteiger partial charge in [0.1, 0.15) is 12.4 Å². The normalized spacial score (nSPS) is 11.0. The molecule has 0 saturated carbocycles. The van der Waals surface area contributed by atoms with Gasteiger partial charge in [-0.25, -0.2) is 9.18 Å². The molecule has 0 amide bonds. The number of methoxy groups -OCH3 is 1. The van der Waals surface area contributed by atoms with E-state index in [0.29, 0.717) is 16.9 Å². The SMILES string of the molecule is COc1cc(/C=C(/C#N)c2ccccc2F)cc(Cl)c1OCc1cccc(C(=O)O)c1. The second kappa shape index (κ2) is 9.79. The first kappa shape index (κ1) is 21.9. The molecule has 3 rings (SSSR count). The maximum atomic E-state index is 14.1. The van der Waals surface area contributed by atoms with Crippen LogP contribution in [0.1, 0.15) is 27.0 Å². The molecule has 0 unspecified atom stereocenters. The molecule has 0 fully saturated rings. The van der Waals surface area contributed by atoms with Crippen LogP contribution in [0.25, 0.3) is 11.6 Å². The fourth-order valence-corrected chi connectivity index (χ4v) is 3.20. The van der Waals surface area contributed by atoms with Crippen LogP contribution in [-0.4, -0.2) is 18.2 Å². The van der Waals surface area contributed by atoms with Gasteiger partial charge < -0.3 is 14.6 Å². The van der Waals surface area contributed by atoms with Gasteiger partial charge in [-0.05, 0) is 47.5 Å². The molecule has 3 aromatic carbocycles.